The van der Waals surface area contributed by atoms with Gasteiger partial charge in [0.1, 0.15) is 5.82 Å². The molecule has 1 fully saturated rings. The van der Waals surface area contributed by atoms with Gasteiger partial charge in [0, 0.05) is 25.3 Å². The zero-order valence-electron chi connectivity index (χ0n) is 8.20. The largest absolute Gasteiger partial charge is 0.354 e. The van der Waals surface area contributed by atoms with Crippen LogP contribution in [0, 0.1) is 0 Å². The molecular formula is C10H14BrN3. The second kappa shape index (κ2) is 4.28. The molecule has 1 atom stereocenters. The molecule has 0 bridgehead atoms. The monoisotopic (exact) mass is 255 g/mol. The average molecular weight is 256 g/mol. The molecule has 0 aromatic carbocycles. The number of pyridine rings is 1. The topological polar surface area (TPSA) is 28.2 Å². The van der Waals surface area contributed by atoms with Gasteiger partial charge in [0.05, 0.1) is 4.47 Å². The van der Waals surface area contributed by atoms with Gasteiger partial charge in [-0.3, -0.25) is 0 Å². The first kappa shape index (κ1) is 9.93. The first-order valence-electron chi connectivity index (χ1n) is 4.84. The highest BCUT2D eigenvalue weighted by Crippen LogP contribution is 2.25. The van der Waals surface area contributed by atoms with E-state index in [0.717, 1.165) is 23.4 Å². The van der Waals surface area contributed by atoms with E-state index < -0.39 is 0 Å². The molecule has 1 saturated heterocycles. The van der Waals surface area contributed by atoms with Gasteiger partial charge in [0.2, 0.25) is 0 Å². The highest BCUT2D eigenvalue weighted by atomic mass is 79.9. The lowest BCUT2D eigenvalue weighted by Gasteiger charge is -2.18. The van der Waals surface area contributed by atoms with Crippen molar-refractivity contribution in [3.05, 3.63) is 22.8 Å². The van der Waals surface area contributed by atoms with E-state index in [0.29, 0.717) is 6.04 Å². The molecule has 0 radical (unpaired) electrons. The van der Waals surface area contributed by atoms with Gasteiger partial charge in [-0.2, -0.15) is 0 Å². The van der Waals surface area contributed by atoms with E-state index in [1.807, 2.05) is 25.4 Å². The average Bonchev–Trinajstić information content (AvgIpc) is 2.67. The van der Waals surface area contributed by atoms with Crippen LogP contribution in [0.4, 0.5) is 5.82 Å². The van der Waals surface area contributed by atoms with Gasteiger partial charge >= 0.3 is 0 Å². The van der Waals surface area contributed by atoms with Crippen molar-refractivity contribution >= 4 is 21.7 Å². The zero-order chi connectivity index (χ0) is 9.97. The van der Waals surface area contributed by atoms with Crippen LogP contribution in [0.2, 0.25) is 0 Å². The summed E-state index contributed by atoms with van der Waals surface area (Å²) in [7, 11) is 2.02. The summed E-state index contributed by atoms with van der Waals surface area (Å²) in [6.45, 7) is 2.13. The molecule has 4 heteroatoms. The number of halogens is 1. The molecule has 0 aliphatic carbocycles. The molecule has 1 aromatic rings. The Kier molecular flexibility index (Phi) is 3.03. The van der Waals surface area contributed by atoms with Gasteiger partial charge in [0.15, 0.2) is 0 Å². The lowest BCUT2D eigenvalue weighted by atomic mass is 10.3. The number of anilines is 1. The number of likely N-dealkylation sites (N-methyl/N-ethyl adjacent to an activating group) is 1. The molecule has 1 N–H and O–H groups in total. The number of aromatic nitrogens is 1. The third-order valence-corrected chi connectivity index (χ3v) is 3.25. The molecule has 2 heterocycles. The molecule has 1 aliphatic rings. The molecule has 1 unspecified atom stereocenters. The minimum atomic E-state index is 0.601. The van der Waals surface area contributed by atoms with Crippen LogP contribution in [0.5, 0.6) is 0 Å². The van der Waals surface area contributed by atoms with Crippen molar-refractivity contribution in [3.8, 4) is 0 Å². The van der Waals surface area contributed by atoms with E-state index in [9.17, 15) is 0 Å². The van der Waals surface area contributed by atoms with Gasteiger partial charge < -0.3 is 10.2 Å². The van der Waals surface area contributed by atoms with E-state index in [-0.39, 0.29) is 0 Å². The smallest absolute Gasteiger partial charge is 0.142 e. The van der Waals surface area contributed by atoms with Gasteiger partial charge in [-0.05, 0) is 41.5 Å². The van der Waals surface area contributed by atoms with Crippen LogP contribution in [0.15, 0.2) is 22.8 Å². The van der Waals surface area contributed by atoms with Crippen molar-refractivity contribution in [1.82, 2.24) is 10.3 Å². The first-order valence-corrected chi connectivity index (χ1v) is 5.63. The molecular weight excluding hydrogens is 242 g/mol. The molecule has 0 spiro atoms. The molecule has 3 nitrogen and oxygen atoms in total. The Morgan fingerprint density at radius 2 is 2.50 bits per heavy atom. The normalized spacial score (nSPS) is 21.6. The third kappa shape index (κ3) is 1.91. The van der Waals surface area contributed by atoms with Crippen LogP contribution in [-0.4, -0.2) is 31.2 Å². The summed E-state index contributed by atoms with van der Waals surface area (Å²) in [4.78, 5) is 6.69. The van der Waals surface area contributed by atoms with E-state index in [1.54, 1.807) is 0 Å². The maximum atomic E-state index is 4.38. The minimum absolute atomic E-state index is 0.601. The van der Waals surface area contributed by atoms with Crippen LogP contribution in [-0.2, 0) is 0 Å². The van der Waals surface area contributed by atoms with Crippen molar-refractivity contribution in [3.63, 3.8) is 0 Å². The quantitative estimate of drug-likeness (QED) is 0.871. The standard InChI is InChI=1S/C10H14BrN3/c1-12-8-4-6-14(7-8)10-9(11)3-2-5-13-10/h2-3,5,8,12H,4,6-7H2,1H3. The second-order valence-corrected chi connectivity index (χ2v) is 4.38. The molecule has 0 saturated carbocycles. The Bertz CT molecular complexity index is 316. The van der Waals surface area contributed by atoms with Crippen molar-refractivity contribution in [1.29, 1.82) is 0 Å². The van der Waals surface area contributed by atoms with Crippen molar-refractivity contribution in [2.75, 3.05) is 25.0 Å². The Labute approximate surface area is 92.6 Å². The van der Waals surface area contributed by atoms with E-state index in [1.165, 1.54) is 6.42 Å². The summed E-state index contributed by atoms with van der Waals surface area (Å²) in [6, 6.07) is 4.58. The number of hydrogen-bond donors (Lipinski definition) is 1. The molecule has 2 rings (SSSR count). The fourth-order valence-electron chi connectivity index (χ4n) is 1.80. The predicted molar refractivity (Wildman–Crippen MR) is 61.6 cm³/mol. The SMILES string of the molecule is CNC1CCN(c2ncccc2Br)C1. The molecule has 1 aliphatic heterocycles. The molecule has 0 amide bonds. The zero-order valence-corrected chi connectivity index (χ0v) is 9.79. The molecule has 14 heavy (non-hydrogen) atoms. The third-order valence-electron chi connectivity index (χ3n) is 2.64. The minimum Gasteiger partial charge on any atom is -0.354 e. The molecule has 1 aromatic heterocycles. The maximum Gasteiger partial charge on any atom is 0.142 e. The van der Waals surface area contributed by atoms with Crippen molar-refractivity contribution < 1.29 is 0 Å². The molecule has 76 valence electrons. The number of hydrogen-bond acceptors (Lipinski definition) is 3. The van der Waals surface area contributed by atoms with Gasteiger partial charge in [-0.25, -0.2) is 4.98 Å². The van der Waals surface area contributed by atoms with Crippen LogP contribution >= 0.6 is 15.9 Å². The van der Waals surface area contributed by atoms with Gasteiger partial charge in [-0.15, -0.1) is 0 Å². The lowest BCUT2D eigenvalue weighted by molar-refractivity contribution is 0.616. The van der Waals surface area contributed by atoms with E-state index in [2.05, 4.69) is 31.1 Å². The fraction of sp³-hybridized carbons (Fsp3) is 0.500. The fourth-order valence-corrected chi connectivity index (χ4v) is 2.30. The Hall–Kier alpha value is -0.610. The summed E-state index contributed by atoms with van der Waals surface area (Å²) in [5.74, 6) is 1.06. The highest BCUT2D eigenvalue weighted by molar-refractivity contribution is 9.10. The Morgan fingerprint density at radius 1 is 1.64 bits per heavy atom. The highest BCUT2D eigenvalue weighted by Gasteiger charge is 2.22. The predicted octanol–water partition coefficient (Wildman–Crippen LogP) is 1.64. The van der Waals surface area contributed by atoms with Crippen LogP contribution in [0.3, 0.4) is 0 Å². The number of nitrogens with one attached hydrogen (secondary N) is 1. The first-order chi connectivity index (χ1) is 6.81. The van der Waals surface area contributed by atoms with Crippen molar-refractivity contribution in [2.24, 2.45) is 0 Å². The van der Waals surface area contributed by atoms with Gasteiger partial charge in [0.25, 0.3) is 0 Å². The maximum absolute atomic E-state index is 4.38. The van der Waals surface area contributed by atoms with Crippen LogP contribution in [0.25, 0.3) is 0 Å². The summed E-state index contributed by atoms with van der Waals surface area (Å²) in [5, 5.41) is 3.30. The Morgan fingerprint density at radius 3 is 3.14 bits per heavy atom. The summed E-state index contributed by atoms with van der Waals surface area (Å²) in [5.41, 5.74) is 0. The number of rotatable bonds is 2. The van der Waals surface area contributed by atoms with Crippen LogP contribution < -0.4 is 10.2 Å². The lowest BCUT2D eigenvalue weighted by Crippen LogP contribution is -2.29. The summed E-state index contributed by atoms with van der Waals surface area (Å²) >= 11 is 3.52. The van der Waals surface area contributed by atoms with Crippen LogP contribution in [0.1, 0.15) is 6.42 Å². The summed E-state index contributed by atoms with van der Waals surface area (Å²) in [6.07, 6.45) is 3.03. The van der Waals surface area contributed by atoms with Crippen molar-refractivity contribution in [2.45, 2.75) is 12.5 Å². The van der Waals surface area contributed by atoms with Gasteiger partial charge in [-0.1, -0.05) is 0 Å². The second-order valence-electron chi connectivity index (χ2n) is 3.53. The Balaban J connectivity index is 2.13. The number of nitrogens with zero attached hydrogens (tertiary/aromatic N) is 2. The van der Waals surface area contributed by atoms with E-state index >= 15 is 0 Å². The summed E-state index contributed by atoms with van der Waals surface area (Å²) < 4.78 is 1.08. The van der Waals surface area contributed by atoms with E-state index in [4.69, 9.17) is 0 Å².